The van der Waals surface area contributed by atoms with E-state index in [0.717, 1.165) is 47.8 Å². The van der Waals surface area contributed by atoms with Gasteiger partial charge in [-0.2, -0.15) is 0 Å². The van der Waals surface area contributed by atoms with Gasteiger partial charge in [0.05, 0.1) is 5.41 Å². The predicted octanol–water partition coefficient (Wildman–Crippen LogP) is 6.32. The maximum absolute atomic E-state index is 13.2. The van der Waals surface area contributed by atoms with E-state index in [9.17, 15) is 4.79 Å². The summed E-state index contributed by atoms with van der Waals surface area (Å²) in [6, 6.07) is 8.56. The Bertz CT molecular complexity index is 928. The molecular weight excluding hydrogens is 418 g/mol. The van der Waals surface area contributed by atoms with Crippen LogP contribution in [0.15, 0.2) is 24.3 Å². The molecule has 0 aliphatic heterocycles. The SMILES string of the molecule is O=C(Nc1nnc(COc2ccc(C3CCCCC3)cc2)s1)C12CC3CC(CC(C3)C1)C2. The van der Waals surface area contributed by atoms with E-state index in [1.807, 2.05) is 0 Å². The molecule has 5 aliphatic carbocycles. The Morgan fingerprint density at radius 2 is 1.62 bits per heavy atom. The number of hydrogen-bond acceptors (Lipinski definition) is 5. The van der Waals surface area contributed by atoms with Gasteiger partial charge in [-0.3, -0.25) is 4.79 Å². The Labute approximate surface area is 194 Å². The van der Waals surface area contributed by atoms with Gasteiger partial charge < -0.3 is 10.1 Å². The quantitative estimate of drug-likeness (QED) is 0.558. The van der Waals surface area contributed by atoms with Crippen LogP contribution in [-0.2, 0) is 11.4 Å². The molecule has 32 heavy (non-hydrogen) atoms. The van der Waals surface area contributed by atoms with Crippen LogP contribution < -0.4 is 10.1 Å². The highest BCUT2D eigenvalue weighted by Gasteiger charge is 2.54. The molecule has 1 amide bonds. The summed E-state index contributed by atoms with van der Waals surface area (Å²) in [4.78, 5) is 13.2. The van der Waals surface area contributed by atoms with Gasteiger partial charge in [-0.1, -0.05) is 42.7 Å². The van der Waals surface area contributed by atoms with Crippen LogP contribution in [0.25, 0.3) is 0 Å². The molecule has 7 rings (SSSR count). The zero-order valence-corrected chi connectivity index (χ0v) is 19.5. The number of hydrogen-bond donors (Lipinski definition) is 1. The third-order valence-electron chi connectivity index (χ3n) is 8.53. The van der Waals surface area contributed by atoms with E-state index in [2.05, 4.69) is 39.8 Å². The second kappa shape index (κ2) is 8.44. The highest BCUT2D eigenvalue weighted by atomic mass is 32.1. The number of benzene rings is 1. The number of ether oxygens (including phenoxy) is 1. The Kier molecular flexibility index (Phi) is 5.44. The minimum atomic E-state index is -0.156. The normalized spacial score (nSPS) is 31.6. The number of carbonyl (C=O) groups is 1. The molecule has 0 radical (unpaired) electrons. The fourth-order valence-electron chi connectivity index (χ4n) is 7.40. The Morgan fingerprint density at radius 3 is 2.28 bits per heavy atom. The first kappa shape index (κ1) is 20.6. The van der Waals surface area contributed by atoms with Crippen LogP contribution in [0.3, 0.4) is 0 Å². The number of nitrogens with zero attached hydrogens (tertiary/aromatic N) is 2. The molecule has 6 heteroatoms. The van der Waals surface area contributed by atoms with Gasteiger partial charge in [-0.25, -0.2) is 0 Å². The third kappa shape index (κ3) is 4.07. The fraction of sp³-hybridized carbons (Fsp3) is 0.654. The number of nitrogens with one attached hydrogen (secondary N) is 1. The van der Waals surface area contributed by atoms with Crippen LogP contribution in [0, 0.1) is 23.2 Å². The lowest BCUT2D eigenvalue weighted by Gasteiger charge is -2.55. The number of rotatable bonds is 6. The van der Waals surface area contributed by atoms with Crippen molar-refractivity contribution in [2.45, 2.75) is 83.2 Å². The molecule has 170 valence electrons. The molecule has 0 unspecified atom stereocenters. The van der Waals surface area contributed by atoms with Gasteiger partial charge in [0.15, 0.2) is 5.01 Å². The Morgan fingerprint density at radius 1 is 0.969 bits per heavy atom. The minimum Gasteiger partial charge on any atom is -0.486 e. The minimum absolute atomic E-state index is 0.156. The van der Waals surface area contributed by atoms with E-state index >= 15 is 0 Å². The van der Waals surface area contributed by atoms with Gasteiger partial charge in [0.1, 0.15) is 12.4 Å². The van der Waals surface area contributed by atoms with E-state index in [1.54, 1.807) is 0 Å². The molecule has 4 bridgehead atoms. The maximum atomic E-state index is 13.2. The van der Waals surface area contributed by atoms with E-state index in [4.69, 9.17) is 4.74 Å². The van der Waals surface area contributed by atoms with Gasteiger partial charge in [-0.05, 0) is 92.7 Å². The molecule has 1 aromatic carbocycles. The van der Waals surface area contributed by atoms with Crippen molar-refractivity contribution in [1.29, 1.82) is 0 Å². The van der Waals surface area contributed by atoms with Crippen molar-refractivity contribution in [2.24, 2.45) is 23.2 Å². The van der Waals surface area contributed by atoms with Crippen molar-refractivity contribution < 1.29 is 9.53 Å². The summed E-state index contributed by atoms with van der Waals surface area (Å²) in [7, 11) is 0. The summed E-state index contributed by atoms with van der Waals surface area (Å²) < 4.78 is 5.95. The smallest absolute Gasteiger partial charge is 0.232 e. The molecule has 5 saturated carbocycles. The van der Waals surface area contributed by atoms with E-state index < -0.39 is 0 Å². The lowest BCUT2D eigenvalue weighted by atomic mass is 9.49. The molecule has 1 aromatic heterocycles. The first-order valence-electron chi connectivity index (χ1n) is 12.5. The van der Waals surface area contributed by atoms with Crippen LogP contribution in [-0.4, -0.2) is 16.1 Å². The number of carbonyl (C=O) groups excluding carboxylic acids is 1. The van der Waals surface area contributed by atoms with Crippen molar-refractivity contribution in [3.63, 3.8) is 0 Å². The molecule has 2 aromatic rings. The first-order valence-corrected chi connectivity index (χ1v) is 13.3. The average Bonchev–Trinajstić information content (AvgIpc) is 3.25. The van der Waals surface area contributed by atoms with Gasteiger partial charge in [0.25, 0.3) is 0 Å². The highest BCUT2D eigenvalue weighted by Crippen LogP contribution is 2.60. The second-order valence-corrected chi connectivity index (χ2v) is 11.9. The van der Waals surface area contributed by atoms with Gasteiger partial charge in [0.2, 0.25) is 11.0 Å². The number of anilines is 1. The average molecular weight is 452 g/mol. The van der Waals surface area contributed by atoms with E-state index in [1.165, 1.54) is 68.3 Å². The van der Waals surface area contributed by atoms with Crippen LogP contribution in [0.2, 0.25) is 0 Å². The summed E-state index contributed by atoms with van der Waals surface area (Å²) in [6.07, 6.45) is 13.9. The summed E-state index contributed by atoms with van der Waals surface area (Å²) in [5, 5.41) is 13.0. The van der Waals surface area contributed by atoms with Crippen LogP contribution in [0.1, 0.15) is 87.1 Å². The van der Waals surface area contributed by atoms with Crippen LogP contribution in [0.4, 0.5) is 5.13 Å². The fourth-order valence-corrected chi connectivity index (χ4v) is 8.05. The summed E-state index contributed by atoms with van der Waals surface area (Å²) in [5.74, 6) is 4.03. The molecule has 5 fully saturated rings. The monoisotopic (exact) mass is 451 g/mol. The van der Waals surface area contributed by atoms with Gasteiger partial charge >= 0.3 is 0 Å². The van der Waals surface area contributed by atoms with Crippen molar-refractivity contribution in [3.05, 3.63) is 34.8 Å². The van der Waals surface area contributed by atoms with Crippen LogP contribution in [0.5, 0.6) is 5.75 Å². The number of aromatic nitrogens is 2. The van der Waals surface area contributed by atoms with E-state index in [0.29, 0.717) is 17.7 Å². The lowest BCUT2D eigenvalue weighted by molar-refractivity contribution is -0.140. The zero-order chi connectivity index (χ0) is 21.5. The van der Waals surface area contributed by atoms with Crippen molar-refractivity contribution in [3.8, 4) is 5.75 Å². The molecular formula is C26H33N3O2S. The van der Waals surface area contributed by atoms with Crippen molar-refractivity contribution in [2.75, 3.05) is 5.32 Å². The molecule has 1 heterocycles. The maximum Gasteiger partial charge on any atom is 0.232 e. The molecule has 5 nitrogen and oxygen atoms in total. The summed E-state index contributed by atoms with van der Waals surface area (Å²) in [5.41, 5.74) is 1.28. The zero-order valence-electron chi connectivity index (χ0n) is 18.7. The van der Waals surface area contributed by atoms with Gasteiger partial charge in [0, 0.05) is 0 Å². The second-order valence-electron chi connectivity index (χ2n) is 10.8. The highest BCUT2D eigenvalue weighted by molar-refractivity contribution is 7.15. The van der Waals surface area contributed by atoms with Crippen molar-refractivity contribution >= 4 is 22.4 Å². The number of amides is 1. The third-order valence-corrected chi connectivity index (χ3v) is 9.34. The Balaban J connectivity index is 1.04. The summed E-state index contributed by atoms with van der Waals surface area (Å²) in [6.45, 7) is 0.383. The van der Waals surface area contributed by atoms with Crippen molar-refractivity contribution in [1.82, 2.24) is 10.2 Å². The topological polar surface area (TPSA) is 64.1 Å². The standard InChI is InChI=1S/C26H33N3O2S/c30-24(26-13-17-10-18(14-26)12-19(11-17)15-26)27-25-29-28-23(32-25)16-31-22-8-6-21(7-9-22)20-4-2-1-3-5-20/h6-9,17-20H,1-5,10-16H2,(H,27,29,30). The predicted molar refractivity (Wildman–Crippen MR) is 126 cm³/mol. The van der Waals surface area contributed by atoms with Gasteiger partial charge in [-0.15, -0.1) is 10.2 Å². The first-order chi connectivity index (χ1) is 15.6. The largest absolute Gasteiger partial charge is 0.486 e. The molecule has 1 N–H and O–H groups in total. The molecule has 0 atom stereocenters. The molecule has 0 saturated heterocycles. The van der Waals surface area contributed by atoms with Crippen LogP contribution >= 0.6 is 11.3 Å². The Hall–Kier alpha value is -1.95. The summed E-state index contributed by atoms with van der Waals surface area (Å²) >= 11 is 1.43. The van der Waals surface area contributed by atoms with E-state index in [-0.39, 0.29) is 11.3 Å². The lowest BCUT2D eigenvalue weighted by Crippen LogP contribution is -2.51. The molecule has 0 spiro atoms. The molecule has 5 aliphatic rings.